The zero-order chi connectivity index (χ0) is 21.1. The van der Waals surface area contributed by atoms with Crippen LogP contribution in [0, 0.1) is 19.8 Å². The average Bonchev–Trinajstić information content (AvgIpc) is 3.06. The number of amides is 3. The van der Waals surface area contributed by atoms with E-state index in [1.165, 1.54) is 4.90 Å². The van der Waals surface area contributed by atoms with Crippen LogP contribution in [-0.4, -0.2) is 42.8 Å². The largest absolute Gasteiger partial charge is 0.336 e. The highest BCUT2D eigenvalue weighted by atomic mass is 79.9. The molecule has 0 spiro atoms. The summed E-state index contributed by atoms with van der Waals surface area (Å²) in [5.74, 6) is -1.01. The van der Waals surface area contributed by atoms with Crippen LogP contribution in [0.5, 0.6) is 0 Å². The highest BCUT2D eigenvalue weighted by Crippen LogP contribution is 2.30. The molecule has 0 bridgehead atoms. The molecule has 0 aromatic heterocycles. The third-order valence-electron chi connectivity index (χ3n) is 5.25. The molecule has 0 radical (unpaired) electrons. The van der Waals surface area contributed by atoms with E-state index in [9.17, 15) is 14.4 Å². The third-order valence-corrected chi connectivity index (χ3v) is 5.94. The minimum atomic E-state index is -0.455. The third kappa shape index (κ3) is 4.67. The van der Waals surface area contributed by atoms with Crippen molar-refractivity contribution in [3.8, 4) is 0 Å². The first kappa shape index (κ1) is 21.0. The van der Waals surface area contributed by atoms with Gasteiger partial charge < -0.3 is 15.1 Å². The molecule has 1 aliphatic heterocycles. The molecule has 7 heteroatoms. The van der Waals surface area contributed by atoms with Crippen molar-refractivity contribution >= 4 is 45.0 Å². The van der Waals surface area contributed by atoms with Crippen LogP contribution in [0.2, 0.25) is 0 Å². The summed E-state index contributed by atoms with van der Waals surface area (Å²) >= 11 is 3.38. The molecular formula is C22H24BrN3O3. The predicted octanol–water partition coefficient (Wildman–Crippen LogP) is 3.52. The van der Waals surface area contributed by atoms with Gasteiger partial charge in [-0.2, -0.15) is 0 Å². The number of likely N-dealkylation sites (N-methyl/N-ethyl adjacent to an activating group) is 1. The van der Waals surface area contributed by atoms with E-state index in [-0.39, 0.29) is 30.7 Å². The molecule has 3 amide bonds. The fraction of sp³-hybridized carbons (Fsp3) is 0.318. The molecule has 1 N–H and O–H groups in total. The number of halogens is 1. The fourth-order valence-corrected chi connectivity index (χ4v) is 3.88. The van der Waals surface area contributed by atoms with E-state index in [1.54, 1.807) is 18.0 Å². The Morgan fingerprint density at radius 3 is 2.62 bits per heavy atom. The van der Waals surface area contributed by atoms with Crippen molar-refractivity contribution in [1.29, 1.82) is 0 Å². The van der Waals surface area contributed by atoms with Crippen molar-refractivity contribution < 1.29 is 14.4 Å². The van der Waals surface area contributed by atoms with E-state index in [0.29, 0.717) is 12.2 Å². The molecule has 0 saturated carbocycles. The summed E-state index contributed by atoms with van der Waals surface area (Å²) in [4.78, 5) is 40.8. The Labute approximate surface area is 179 Å². The minimum Gasteiger partial charge on any atom is -0.336 e. The second kappa shape index (κ2) is 8.78. The Morgan fingerprint density at radius 2 is 1.90 bits per heavy atom. The lowest BCUT2D eigenvalue weighted by Gasteiger charge is -2.22. The second-order valence-electron chi connectivity index (χ2n) is 7.35. The molecule has 3 rings (SSSR count). The SMILES string of the molecule is Cc1cccc(N2CC(C(=O)N(C)CC(=O)Nc3ccccc3Br)CC2=O)c1C. The van der Waals surface area contributed by atoms with Gasteiger partial charge in [-0.05, 0) is 59.1 Å². The summed E-state index contributed by atoms with van der Waals surface area (Å²) in [6.45, 7) is 4.23. The smallest absolute Gasteiger partial charge is 0.244 e. The number of nitrogens with one attached hydrogen (secondary N) is 1. The highest BCUT2D eigenvalue weighted by molar-refractivity contribution is 9.10. The van der Waals surface area contributed by atoms with E-state index in [0.717, 1.165) is 21.3 Å². The molecule has 0 aliphatic carbocycles. The molecule has 152 valence electrons. The maximum Gasteiger partial charge on any atom is 0.244 e. The number of benzene rings is 2. The van der Waals surface area contributed by atoms with E-state index >= 15 is 0 Å². The lowest BCUT2D eigenvalue weighted by Crippen LogP contribution is -2.39. The van der Waals surface area contributed by atoms with E-state index < -0.39 is 5.92 Å². The number of hydrogen-bond acceptors (Lipinski definition) is 3. The van der Waals surface area contributed by atoms with Crippen LogP contribution >= 0.6 is 15.9 Å². The normalized spacial score (nSPS) is 16.1. The monoisotopic (exact) mass is 457 g/mol. The number of carbonyl (C=O) groups is 3. The second-order valence-corrected chi connectivity index (χ2v) is 8.20. The molecule has 2 aromatic carbocycles. The summed E-state index contributed by atoms with van der Waals surface area (Å²) in [7, 11) is 1.59. The molecule has 1 atom stereocenters. The average molecular weight is 458 g/mol. The van der Waals surface area contributed by atoms with Gasteiger partial charge in [0.25, 0.3) is 0 Å². The number of nitrogens with zero attached hydrogens (tertiary/aromatic N) is 2. The van der Waals surface area contributed by atoms with E-state index in [4.69, 9.17) is 0 Å². The van der Waals surface area contributed by atoms with Crippen molar-refractivity contribution in [1.82, 2.24) is 4.90 Å². The Bertz CT molecular complexity index is 960. The molecule has 1 saturated heterocycles. The lowest BCUT2D eigenvalue weighted by atomic mass is 10.1. The molecule has 29 heavy (non-hydrogen) atoms. The Hall–Kier alpha value is -2.67. The van der Waals surface area contributed by atoms with Crippen LogP contribution in [0.15, 0.2) is 46.9 Å². The summed E-state index contributed by atoms with van der Waals surface area (Å²) in [6, 6.07) is 13.1. The van der Waals surface area contributed by atoms with Crippen LogP contribution in [0.3, 0.4) is 0 Å². The number of carbonyl (C=O) groups excluding carboxylic acids is 3. The van der Waals surface area contributed by atoms with Gasteiger partial charge in [0.2, 0.25) is 17.7 Å². The first-order valence-electron chi connectivity index (χ1n) is 9.44. The van der Waals surface area contributed by atoms with Crippen molar-refractivity contribution in [2.45, 2.75) is 20.3 Å². The van der Waals surface area contributed by atoms with Crippen LogP contribution in [0.1, 0.15) is 17.5 Å². The van der Waals surface area contributed by atoms with Gasteiger partial charge in [-0.15, -0.1) is 0 Å². The summed E-state index contributed by atoms with van der Waals surface area (Å²) in [6.07, 6.45) is 0.155. The highest BCUT2D eigenvalue weighted by Gasteiger charge is 2.37. The number of aryl methyl sites for hydroxylation is 1. The maximum atomic E-state index is 12.8. The molecular weight excluding hydrogens is 434 g/mol. The Balaban J connectivity index is 1.63. The zero-order valence-electron chi connectivity index (χ0n) is 16.7. The lowest BCUT2D eigenvalue weighted by molar-refractivity contribution is -0.137. The molecule has 2 aromatic rings. The van der Waals surface area contributed by atoms with Crippen LogP contribution < -0.4 is 10.2 Å². The van der Waals surface area contributed by atoms with E-state index in [1.807, 2.05) is 50.2 Å². The molecule has 1 heterocycles. The van der Waals surface area contributed by atoms with Crippen molar-refractivity contribution in [3.05, 3.63) is 58.1 Å². The number of anilines is 2. The Morgan fingerprint density at radius 1 is 1.17 bits per heavy atom. The summed E-state index contributed by atoms with van der Waals surface area (Å²) in [5, 5.41) is 2.79. The fourth-order valence-electron chi connectivity index (χ4n) is 3.49. The molecule has 6 nitrogen and oxygen atoms in total. The van der Waals surface area contributed by atoms with Gasteiger partial charge in [-0.3, -0.25) is 14.4 Å². The number of para-hydroxylation sites is 1. The van der Waals surface area contributed by atoms with Crippen LogP contribution in [0.25, 0.3) is 0 Å². The van der Waals surface area contributed by atoms with Gasteiger partial charge in [-0.25, -0.2) is 0 Å². The quantitative estimate of drug-likeness (QED) is 0.746. The van der Waals surface area contributed by atoms with Gasteiger partial charge in [0.05, 0.1) is 18.2 Å². The number of rotatable bonds is 5. The zero-order valence-corrected chi connectivity index (χ0v) is 18.3. The maximum absolute atomic E-state index is 12.8. The molecule has 1 aliphatic rings. The van der Waals surface area contributed by atoms with Crippen molar-refractivity contribution in [3.63, 3.8) is 0 Å². The molecule has 1 fully saturated rings. The van der Waals surface area contributed by atoms with Crippen molar-refractivity contribution in [2.75, 3.05) is 30.4 Å². The summed E-state index contributed by atoms with van der Waals surface area (Å²) < 4.78 is 0.771. The van der Waals surface area contributed by atoms with Crippen LogP contribution in [0.4, 0.5) is 11.4 Å². The predicted molar refractivity (Wildman–Crippen MR) is 117 cm³/mol. The van der Waals surface area contributed by atoms with Gasteiger partial charge in [0.15, 0.2) is 0 Å². The Kier molecular flexibility index (Phi) is 6.37. The molecule has 1 unspecified atom stereocenters. The van der Waals surface area contributed by atoms with Crippen LogP contribution in [-0.2, 0) is 14.4 Å². The standard InChI is InChI=1S/C22H24BrN3O3/c1-14-7-6-10-19(15(14)2)26-12-16(11-21(26)28)22(29)25(3)13-20(27)24-18-9-5-4-8-17(18)23/h4-10,16H,11-13H2,1-3H3,(H,24,27). The topological polar surface area (TPSA) is 69.7 Å². The number of hydrogen-bond donors (Lipinski definition) is 1. The van der Waals surface area contributed by atoms with Gasteiger partial charge >= 0.3 is 0 Å². The van der Waals surface area contributed by atoms with Gasteiger partial charge in [0, 0.05) is 30.2 Å². The minimum absolute atomic E-state index is 0.0666. The van der Waals surface area contributed by atoms with Gasteiger partial charge in [0.1, 0.15) is 0 Å². The van der Waals surface area contributed by atoms with E-state index in [2.05, 4.69) is 21.2 Å². The van der Waals surface area contributed by atoms with Crippen molar-refractivity contribution in [2.24, 2.45) is 5.92 Å². The first-order valence-corrected chi connectivity index (χ1v) is 10.2. The van der Waals surface area contributed by atoms with Gasteiger partial charge in [-0.1, -0.05) is 24.3 Å². The first-order chi connectivity index (χ1) is 13.8. The summed E-state index contributed by atoms with van der Waals surface area (Å²) in [5.41, 5.74) is 3.64.